The van der Waals surface area contributed by atoms with Gasteiger partial charge >= 0.3 is 0 Å². The van der Waals surface area contributed by atoms with Gasteiger partial charge in [0.05, 0.1) is 5.56 Å². The first-order valence-electron chi connectivity index (χ1n) is 7.26. The van der Waals surface area contributed by atoms with Crippen LogP contribution in [0.1, 0.15) is 16.7 Å². The van der Waals surface area contributed by atoms with Crippen LogP contribution in [0.15, 0.2) is 78.9 Å². The molecular formula is C22H14O. The van der Waals surface area contributed by atoms with E-state index in [-0.39, 0.29) is 0 Å². The van der Waals surface area contributed by atoms with Crippen molar-refractivity contribution in [3.8, 4) is 35.7 Å². The second kappa shape index (κ2) is 7.03. The van der Waals surface area contributed by atoms with Gasteiger partial charge < -0.3 is 4.74 Å². The largest absolute Gasteiger partial charge is 0.456 e. The Bertz CT molecular complexity index is 891. The summed E-state index contributed by atoms with van der Waals surface area (Å²) in [5.74, 6) is 10.4. The molecule has 23 heavy (non-hydrogen) atoms. The van der Waals surface area contributed by atoms with Crippen molar-refractivity contribution in [3.63, 3.8) is 0 Å². The lowest BCUT2D eigenvalue weighted by atomic mass is 10.1. The minimum absolute atomic E-state index is 0.662. The van der Waals surface area contributed by atoms with Gasteiger partial charge in [-0.1, -0.05) is 60.2 Å². The summed E-state index contributed by atoms with van der Waals surface area (Å²) in [5.41, 5.74) is 2.38. The lowest BCUT2D eigenvalue weighted by Gasteiger charge is -2.09. The molecule has 0 heterocycles. The Morgan fingerprint density at radius 3 is 2.09 bits per heavy atom. The van der Waals surface area contributed by atoms with Crippen molar-refractivity contribution in [2.24, 2.45) is 0 Å². The van der Waals surface area contributed by atoms with Crippen LogP contribution in [0, 0.1) is 24.2 Å². The lowest BCUT2D eigenvalue weighted by molar-refractivity contribution is 0.481. The highest BCUT2D eigenvalue weighted by Crippen LogP contribution is 2.26. The van der Waals surface area contributed by atoms with Crippen LogP contribution >= 0.6 is 0 Å². The number of rotatable bonds is 2. The Hall–Kier alpha value is -3.42. The molecule has 0 aliphatic carbocycles. The normalized spacial score (nSPS) is 9.35. The molecule has 1 heteroatoms. The Kier molecular flexibility index (Phi) is 4.44. The monoisotopic (exact) mass is 294 g/mol. The molecule has 0 amide bonds. The summed E-state index contributed by atoms with van der Waals surface area (Å²) in [4.78, 5) is 0. The summed E-state index contributed by atoms with van der Waals surface area (Å²) in [7, 11) is 0. The van der Waals surface area contributed by atoms with Crippen molar-refractivity contribution in [1.82, 2.24) is 0 Å². The third kappa shape index (κ3) is 3.62. The highest BCUT2D eigenvalue weighted by molar-refractivity contribution is 5.59. The van der Waals surface area contributed by atoms with Gasteiger partial charge in [0.25, 0.3) is 0 Å². The molecular weight excluding hydrogens is 280 g/mol. The smallest absolute Gasteiger partial charge is 0.144 e. The predicted molar refractivity (Wildman–Crippen MR) is 93.3 cm³/mol. The second-order valence-electron chi connectivity index (χ2n) is 4.85. The van der Waals surface area contributed by atoms with Gasteiger partial charge in [0.15, 0.2) is 0 Å². The second-order valence-corrected chi connectivity index (χ2v) is 4.85. The molecule has 3 aromatic rings. The number of para-hydroxylation sites is 1. The molecule has 0 saturated carbocycles. The van der Waals surface area contributed by atoms with E-state index in [0.29, 0.717) is 5.75 Å². The van der Waals surface area contributed by atoms with Gasteiger partial charge in [-0.25, -0.2) is 0 Å². The Balaban J connectivity index is 2.01. The molecule has 0 unspecified atom stereocenters. The van der Waals surface area contributed by atoms with Crippen LogP contribution in [0.4, 0.5) is 0 Å². The molecule has 0 saturated heterocycles. The Morgan fingerprint density at radius 2 is 1.39 bits per heavy atom. The highest BCUT2D eigenvalue weighted by Gasteiger charge is 2.07. The van der Waals surface area contributed by atoms with E-state index in [0.717, 1.165) is 22.4 Å². The molecule has 0 aliphatic heterocycles. The van der Waals surface area contributed by atoms with Gasteiger partial charge in [0.1, 0.15) is 11.5 Å². The number of terminal acetylenes is 1. The van der Waals surface area contributed by atoms with Crippen LogP contribution < -0.4 is 4.74 Å². The molecule has 3 rings (SSSR count). The first kappa shape index (κ1) is 14.5. The minimum atomic E-state index is 0.662. The molecule has 0 aromatic heterocycles. The number of benzene rings is 3. The van der Waals surface area contributed by atoms with E-state index in [2.05, 4.69) is 17.8 Å². The molecule has 3 aromatic carbocycles. The molecule has 0 bridgehead atoms. The van der Waals surface area contributed by atoms with Crippen molar-refractivity contribution in [2.45, 2.75) is 0 Å². The molecule has 0 N–H and O–H groups in total. The third-order valence-corrected chi connectivity index (χ3v) is 3.26. The van der Waals surface area contributed by atoms with E-state index >= 15 is 0 Å². The molecule has 0 radical (unpaired) electrons. The average Bonchev–Trinajstić information content (AvgIpc) is 2.62. The topological polar surface area (TPSA) is 9.23 Å². The van der Waals surface area contributed by atoms with Crippen LogP contribution in [0.5, 0.6) is 11.5 Å². The molecule has 0 spiro atoms. The lowest BCUT2D eigenvalue weighted by Crippen LogP contribution is -1.91. The zero-order chi connectivity index (χ0) is 15.9. The van der Waals surface area contributed by atoms with Crippen molar-refractivity contribution >= 4 is 0 Å². The van der Waals surface area contributed by atoms with Crippen LogP contribution in [-0.4, -0.2) is 0 Å². The first-order valence-corrected chi connectivity index (χ1v) is 7.26. The summed E-state index contributed by atoms with van der Waals surface area (Å²) in [6, 6.07) is 25.0. The predicted octanol–water partition coefficient (Wildman–Crippen LogP) is 4.86. The molecule has 0 aliphatic rings. The Labute approximate surface area is 136 Å². The van der Waals surface area contributed by atoms with Gasteiger partial charge in [-0.15, -0.1) is 6.42 Å². The van der Waals surface area contributed by atoms with Crippen LogP contribution in [-0.2, 0) is 0 Å². The van der Waals surface area contributed by atoms with Gasteiger partial charge in [-0.2, -0.15) is 0 Å². The molecule has 108 valence electrons. The maximum atomic E-state index is 5.94. The van der Waals surface area contributed by atoms with Crippen molar-refractivity contribution in [2.75, 3.05) is 0 Å². The van der Waals surface area contributed by atoms with Gasteiger partial charge in [0.2, 0.25) is 0 Å². The summed E-state index contributed by atoms with van der Waals surface area (Å²) >= 11 is 0. The first-order chi connectivity index (χ1) is 11.4. The van der Waals surface area contributed by atoms with Crippen LogP contribution in [0.2, 0.25) is 0 Å². The summed E-state index contributed by atoms with van der Waals surface area (Å²) in [6.45, 7) is 0. The van der Waals surface area contributed by atoms with Crippen molar-refractivity contribution in [1.29, 1.82) is 0 Å². The molecule has 0 fully saturated rings. The third-order valence-electron chi connectivity index (χ3n) is 3.26. The standard InChI is InChI=1S/C22H14O/c1-2-19-12-9-15-22(23-20-13-7-4-8-14-20)21(19)17-16-18-10-5-3-6-11-18/h1,3-15H. The summed E-state index contributed by atoms with van der Waals surface area (Å²) in [5, 5.41) is 0. The van der Waals surface area contributed by atoms with E-state index in [1.807, 2.05) is 78.9 Å². The van der Waals surface area contributed by atoms with E-state index in [1.165, 1.54) is 0 Å². The summed E-state index contributed by atoms with van der Waals surface area (Å²) in [6.07, 6.45) is 5.61. The fourth-order valence-corrected chi connectivity index (χ4v) is 2.14. The van der Waals surface area contributed by atoms with E-state index in [1.54, 1.807) is 0 Å². The van der Waals surface area contributed by atoms with E-state index < -0.39 is 0 Å². The Morgan fingerprint density at radius 1 is 0.696 bits per heavy atom. The van der Waals surface area contributed by atoms with Crippen LogP contribution in [0.25, 0.3) is 0 Å². The number of ether oxygens (including phenoxy) is 1. The van der Waals surface area contributed by atoms with Gasteiger partial charge in [-0.3, -0.25) is 0 Å². The molecule has 0 atom stereocenters. The van der Waals surface area contributed by atoms with Crippen molar-refractivity contribution < 1.29 is 4.74 Å². The summed E-state index contributed by atoms with van der Waals surface area (Å²) < 4.78 is 5.94. The van der Waals surface area contributed by atoms with E-state index in [9.17, 15) is 0 Å². The molecule has 1 nitrogen and oxygen atoms in total. The van der Waals surface area contributed by atoms with Crippen LogP contribution in [0.3, 0.4) is 0 Å². The fraction of sp³-hybridized carbons (Fsp3) is 0. The number of hydrogen-bond donors (Lipinski definition) is 0. The maximum Gasteiger partial charge on any atom is 0.144 e. The fourth-order valence-electron chi connectivity index (χ4n) is 2.14. The van der Waals surface area contributed by atoms with Gasteiger partial charge in [0, 0.05) is 11.1 Å². The maximum absolute atomic E-state index is 5.94. The zero-order valence-corrected chi connectivity index (χ0v) is 12.5. The van der Waals surface area contributed by atoms with E-state index in [4.69, 9.17) is 11.2 Å². The SMILES string of the molecule is C#Cc1cccc(Oc2ccccc2)c1C#Cc1ccccc1. The van der Waals surface area contributed by atoms with Gasteiger partial charge in [-0.05, 0) is 36.4 Å². The average molecular weight is 294 g/mol. The van der Waals surface area contributed by atoms with Crippen molar-refractivity contribution in [3.05, 3.63) is 95.6 Å². The highest BCUT2D eigenvalue weighted by atomic mass is 16.5. The number of hydrogen-bond acceptors (Lipinski definition) is 1. The quantitative estimate of drug-likeness (QED) is 0.613. The minimum Gasteiger partial charge on any atom is -0.456 e. The zero-order valence-electron chi connectivity index (χ0n) is 12.5.